The Balaban J connectivity index is 3.49. The van der Waals surface area contributed by atoms with Crippen molar-refractivity contribution >= 4 is 10.1 Å². The third kappa shape index (κ3) is 19.6. The van der Waals surface area contributed by atoms with Crippen molar-refractivity contribution < 1.29 is 18.1 Å². The van der Waals surface area contributed by atoms with E-state index in [9.17, 15) is 18.1 Å². The quantitative estimate of drug-likeness (QED) is 0.137. The van der Waals surface area contributed by atoms with Crippen LogP contribution in [-0.2, 0) is 10.1 Å². The standard InChI is InChI=1S/C24H50O4S/c1-3-5-7-8-9-10-11-12-13-14-15-16-17-18-19-20-23(25)22-24(21-6-4-2)29(26,27)28/h23-25H,3-22H2,1-2H3,(H,26,27,28). The summed E-state index contributed by atoms with van der Waals surface area (Å²) in [6, 6.07) is 0. The van der Waals surface area contributed by atoms with Gasteiger partial charge in [-0.3, -0.25) is 4.55 Å². The maximum absolute atomic E-state index is 11.4. The molecule has 0 aromatic rings. The molecule has 2 unspecified atom stereocenters. The molecule has 0 amide bonds. The highest BCUT2D eigenvalue weighted by Crippen LogP contribution is 2.19. The summed E-state index contributed by atoms with van der Waals surface area (Å²) in [4.78, 5) is 0. The Bertz CT molecular complexity index is 436. The van der Waals surface area contributed by atoms with Crippen molar-refractivity contribution in [2.75, 3.05) is 0 Å². The summed E-state index contributed by atoms with van der Waals surface area (Å²) >= 11 is 0. The van der Waals surface area contributed by atoms with E-state index in [0.29, 0.717) is 12.8 Å². The van der Waals surface area contributed by atoms with Gasteiger partial charge in [-0.05, 0) is 19.3 Å². The van der Waals surface area contributed by atoms with Crippen LogP contribution in [-0.4, -0.2) is 29.4 Å². The normalized spacial score (nSPS) is 14.2. The lowest BCUT2D eigenvalue weighted by Gasteiger charge is -2.17. The number of aliphatic hydroxyl groups excluding tert-OH is 1. The maximum Gasteiger partial charge on any atom is 0.267 e. The summed E-state index contributed by atoms with van der Waals surface area (Å²) in [6.45, 7) is 4.26. The summed E-state index contributed by atoms with van der Waals surface area (Å²) in [7, 11) is -4.05. The first kappa shape index (κ1) is 28.9. The lowest BCUT2D eigenvalue weighted by atomic mass is 10.0. The molecule has 0 bridgehead atoms. The highest BCUT2D eigenvalue weighted by molar-refractivity contribution is 7.86. The fourth-order valence-electron chi connectivity index (χ4n) is 3.99. The molecule has 176 valence electrons. The van der Waals surface area contributed by atoms with Crippen LogP contribution in [0.1, 0.15) is 142 Å². The molecule has 0 spiro atoms. The second-order valence-corrected chi connectivity index (χ2v) is 10.6. The lowest BCUT2D eigenvalue weighted by Crippen LogP contribution is -2.26. The predicted octanol–water partition coefficient (Wildman–Crippen LogP) is 7.45. The third-order valence-corrected chi connectivity index (χ3v) is 7.25. The number of unbranched alkanes of at least 4 members (excludes halogenated alkanes) is 15. The molecule has 0 fully saturated rings. The molecule has 0 aliphatic carbocycles. The summed E-state index contributed by atoms with van der Waals surface area (Å²) in [6.07, 6.45) is 21.9. The van der Waals surface area contributed by atoms with E-state index in [4.69, 9.17) is 0 Å². The van der Waals surface area contributed by atoms with E-state index in [1.807, 2.05) is 6.92 Å². The van der Waals surface area contributed by atoms with E-state index in [1.54, 1.807) is 0 Å². The van der Waals surface area contributed by atoms with Crippen LogP contribution in [0, 0.1) is 0 Å². The van der Waals surface area contributed by atoms with Crippen LogP contribution in [0.2, 0.25) is 0 Å². The fourth-order valence-corrected chi connectivity index (χ4v) is 4.92. The van der Waals surface area contributed by atoms with Gasteiger partial charge in [0.2, 0.25) is 0 Å². The van der Waals surface area contributed by atoms with Crippen LogP contribution in [0.5, 0.6) is 0 Å². The minimum Gasteiger partial charge on any atom is -0.393 e. The smallest absolute Gasteiger partial charge is 0.267 e. The van der Waals surface area contributed by atoms with E-state index >= 15 is 0 Å². The molecule has 0 aliphatic rings. The Hall–Kier alpha value is -0.130. The van der Waals surface area contributed by atoms with Crippen LogP contribution >= 0.6 is 0 Å². The second-order valence-electron chi connectivity index (χ2n) is 8.91. The molecular formula is C24H50O4S. The average Bonchev–Trinajstić information content (AvgIpc) is 2.67. The van der Waals surface area contributed by atoms with Gasteiger partial charge in [-0.25, -0.2) is 0 Å². The molecule has 2 atom stereocenters. The van der Waals surface area contributed by atoms with Gasteiger partial charge in [-0.1, -0.05) is 123 Å². The van der Waals surface area contributed by atoms with Crippen molar-refractivity contribution in [2.45, 2.75) is 154 Å². The molecule has 0 rings (SSSR count). The van der Waals surface area contributed by atoms with E-state index in [-0.39, 0.29) is 6.42 Å². The zero-order chi connectivity index (χ0) is 21.8. The van der Waals surface area contributed by atoms with Gasteiger partial charge in [-0.15, -0.1) is 0 Å². The predicted molar refractivity (Wildman–Crippen MR) is 125 cm³/mol. The Morgan fingerprint density at radius 2 is 0.966 bits per heavy atom. The Morgan fingerprint density at radius 3 is 1.34 bits per heavy atom. The fraction of sp³-hybridized carbons (Fsp3) is 1.00. The van der Waals surface area contributed by atoms with Gasteiger partial charge in [0.05, 0.1) is 11.4 Å². The minimum absolute atomic E-state index is 0.164. The number of rotatable bonds is 22. The van der Waals surface area contributed by atoms with E-state index in [1.165, 1.54) is 83.5 Å². The summed E-state index contributed by atoms with van der Waals surface area (Å²) in [5, 5.41) is 9.30. The largest absolute Gasteiger partial charge is 0.393 e. The van der Waals surface area contributed by atoms with Crippen LogP contribution in [0.3, 0.4) is 0 Å². The molecule has 0 aromatic carbocycles. The summed E-state index contributed by atoms with van der Waals surface area (Å²) in [5.41, 5.74) is 0. The third-order valence-electron chi connectivity index (χ3n) is 5.98. The molecule has 0 aliphatic heterocycles. The Labute approximate surface area is 182 Å². The van der Waals surface area contributed by atoms with Crippen molar-refractivity contribution in [2.24, 2.45) is 0 Å². The molecule has 0 saturated carbocycles. The van der Waals surface area contributed by atoms with E-state index in [0.717, 1.165) is 25.7 Å². The molecule has 4 nitrogen and oxygen atoms in total. The van der Waals surface area contributed by atoms with Crippen LogP contribution in [0.25, 0.3) is 0 Å². The van der Waals surface area contributed by atoms with Gasteiger partial charge < -0.3 is 5.11 Å². The molecule has 2 N–H and O–H groups in total. The van der Waals surface area contributed by atoms with Gasteiger partial charge in [0, 0.05) is 0 Å². The maximum atomic E-state index is 11.4. The van der Waals surface area contributed by atoms with Gasteiger partial charge in [0.15, 0.2) is 0 Å². The summed E-state index contributed by atoms with van der Waals surface area (Å²) in [5.74, 6) is 0. The first-order valence-electron chi connectivity index (χ1n) is 12.6. The average molecular weight is 435 g/mol. The Kier molecular flexibility index (Phi) is 19.7. The highest BCUT2D eigenvalue weighted by Gasteiger charge is 2.25. The van der Waals surface area contributed by atoms with Crippen molar-refractivity contribution in [1.29, 1.82) is 0 Å². The first-order chi connectivity index (χ1) is 13.9. The van der Waals surface area contributed by atoms with Crippen molar-refractivity contribution in [1.82, 2.24) is 0 Å². The monoisotopic (exact) mass is 434 g/mol. The SMILES string of the molecule is CCCCCCCCCCCCCCCCCC(O)CC(CCCC)S(=O)(=O)O. The van der Waals surface area contributed by atoms with Gasteiger partial charge in [0.1, 0.15) is 0 Å². The van der Waals surface area contributed by atoms with Gasteiger partial charge >= 0.3 is 0 Å². The molecule has 29 heavy (non-hydrogen) atoms. The van der Waals surface area contributed by atoms with Gasteiger partial charge in [-0.2, -0.15) is 8.42 Å². The van der Waals surface area contributed by atoms with Crippen LogP contribution < -0.4 is 0 Å². The van der Waals surface area contributed by atoms with Gasteiger partial charge in [0.25, 0.3) is 10.1 Å². The topological polar surface area (TPSA) is 74.6 Å². The van der Waals surface area contributed by atoms with Crippen LogP contribution in [0.15, 0.2) is 0 Å². The van der Waals surface area contributed by atoms with E-state index in [2.05, 4.69) is 6.92 Å². The minimum atomic E-state index is -4.05. The number of hydrogen-bond acceptors (Lipinski definition) is 3. The first-order valence-corrected chi connectivity index (χ1v) is 14.1. The molecular weight excluding hydrogens is 384 g/mol. The Morgan fingerprint density at radius 1 is 0.586 bits per heavy atom. The molecule has 0 radical (unpaired) electrons. The summed E-state index contributed by atoms with van der Waals surface area (Å²) < 4.78 is 32.2. The molecule has 0 aromatic heterocycles. The van der Waals surface area contributed by atoms with Crippen molar-refractivity contribution in [3.8, 4) is 0 Å². The lowest BCUT2D eigenvalue weighted by molar-refractivity contribution is 0.147. The highest BCUT2D eigenvalue weighted by atomic mass is 32.2. The van der Waals surface area contributed by atoms with Crippen LogP contribution in [0.4, 0.5) is 0 Å². The second kappa shape index (κ2) is 19.8. The molecule has 5 heteroatoms. The zero-order valence-corrected chi connectivity index (χ0v) is 20.2. The number of hydrogen-bond donors (Lipinski definition) is 2. The van der Waals surface area contributed by atoms with E-state index < -0.39 is 21.5 Å². The molecule has 0 heterocycles. The number of aliphatic hydroxyl groups is 1. The molecule has 0 saturated heterocycles. The van der Waals surface area contributed by atoms with Crippen molar-refractivity contribution in [3.05, 3.63) is 0 Å². The van der Waals surface area contributed by atoms with Crippen molar-refractivity contribution in [3.63, 3.8) is 0 Å². The zero-order valence-electron chi connectivity index (χ0n) is 19.4.